The van der Waals surface area contributed by atoms with Crippen molar-refractivity contribution < 1.29 is 19.1 Å². The van der Waals surface area contributed by atoms with Crippen LogP contribution in [0.5, 0.6) is 0 Å². The summed E-state index contributed by atoms with van der Waals surface area (Å²) >= 11 is 0. The molecule has 4 rings (SSSR count). The Morgan fingerprint density at radius 2 is 1.81 bits per heavy atom. The molecular weight excluding hydrogens is 268 g/mol. The Bertz CT molecular complexity index is 672. The molecule has 0 aromatic carbocycles. The highest BCUT2D eigenvalue weighted by Crippen LogP contribution is 2.71. The third kappa shape index (κ3) is 1.50. The molecule has 0 N–H and O–H groups in total. The lowest BCUT2D eigenvalue weighted by Crippen LogP contribution is -2.19. The Morgan fingerprint density at radius 1 is 1.14 bits per heavy atom. The van der Waals surface area contributed by atoms with Crippen LogP contribution in [0, 0.1) is 23.2 Å². The van der Waals surface area contributed by atoms with Crippen molar-refractivity contribution in [1.29, 1.82) is 0 Å². The van der Waals surface area contributed by atoms with Gasteiger partial charge in [-0.15, -0.1) is 0 Å². The summed E-state index contributed by atoms with van der Waals surface area (Å²) in [4.78, 5) is 23.8. The fourth-order valence-corrected chi connectivity index (χ4v) is 3.76. The number of fused-ring (bicyclic) bond motifs is 5. The first-order valence-electron chi connectivity index (χ1n) is 7.00. The summed E-state index contributed by atoms with van der Waals surface area (Å²) in [6, 6.07) is 0. The maximum atomic E-state index is 12.5. The fraction of sp³-hybridized carbons (Fsp3) is 0.294. The van der Waals surface area contributed by atoms with Crippen molar-refractivity contribution in [2.75, 3.05) is 0 Å². The number of esters is 2. The van der Waals surface area contributed by atoms with Crippen molar-refractivity contribution in [3.05, 3.63) is 60.1 Å². The number of hydrogen-bond donors (Lipinski definition) is 0. The first-order valence-corrected chi connectivity index (χ1v) is 7.00. The molecule has 1 saturated carbocycles. The van der Waals surface area contributed by atoms with Gasteiger partial charge < -0.3 is 9.47 Å². The van der Waals surface area contributed by atoms with E-state index < -0.39 is 11.4 Å². The van der Waals surface area contributed by atoms with E-state index in [9.17, 15) is 9.59 Å². The fourth-order valence-electron chi connectivity index (χ4n) is 3.76. The molecule has 0 amide bonds. The number of carbonyl (C=O) groups excluding carboxylic acids is 2. The molecule has 21 heavy (non-hydrogen) atoms. The van der Waals surface area contributed by atoms with Gasteiger partial charge in [0, 0.05) is 18.8 Å². The molecular formula is C17H14O4. The van der Waals surface area contributed by atoms with Gasteiger partial charge in [-0.2, -0.15) is 0 Å². The van der Waals surface area contributed by atoms with Crippen LogP contribution in [0.4, 0.5) is 0 Å². The molecule has 0 radical (unpaired) electrons. The minimum Gasteiger partial charge on any atom is -0.426 e. The Morgan fingerprint density at radius 3 is 2.48 bits per heavy atom. The lowest BCUT2D eigenvalue weighted by Gasteiger charge is -2.12. The molecule has 4 aliphatic rings. The average Bonchev–Trinajstić information content (AvgIpc) is 3.08. The van der Waals surface area contributed by atoms with Crippen LogP contribution in [0.25, 0.3) is 0 Å². The van der Waals surface area contributed by atoms with Gasteiger partial charge in [-0.05, 0) is 6.08 Å². The van der Waals surface area contributed by atoms with Gasteiger partial charge in [-0.3, -0.25) is 9.59 Å². The van der Waals surface area contributed by atoms with E-state index in [0.29, 0.717) is 11.5 Å². The van der Waals surface area contributed by atoms with Gasteiger partial charge in [0.15, 0.2) is 11.5 Å². The monoisotopic (exact) mass is 282 g/mol. The minimum absolute atomic E-state index is 0.166. The highest BCUT2D eigenvalue weighted by molar-refractivity contribution is 5.88. The molecule has 3 aliphatic carbocycles. The van der Waals surface area contributed by atoms with Crippen molar-refractivity contribution >= 4 is 11.9 Å². The highest BCUT2D eigenvalue weighted by Gasteiger charge is 2.76. The van der Waals surface area contributed by atoms with E-state index in [1.807, 2.05) is 24.3 Å². The van der Waals surface area contributed by atoms with Crippen LogP contribution in [-0.2, 0) is 19.1 Å². The zero-order valence-corrected chi connectivity index (χ0v) is 11.5. The van der Waals surface area contributed by atoms with Crippen molar-refractivity contribution in [2.45, 2.75) is 6.92 Å². The number of rotatable bonds is 1. The van der Waals surface area contributed by atoms with Gasteiger partial charge >= 0.3 is 11.9 Å². The molecule has 2 fully saturated rings. The smallest absolute Gasteiger partial charge is 0.319 e. The maximum Gasteiger partial charge on any atom is 0.319 e. The standard InChI is InChI=1S/C17H14O4/c1-10(18)20-14-9-5-4-8-13-15(14)21-16(19)17(13)11-6-2-3-7-12(11)17/h2-9,11-13H,1H3/t11-,12-,13-/m0/s1. The van der Waals surface area contributed by atoms with Crippen LogP contribution < -0.4 is 0 Å². The molecule has 4 heteroatoms. The van der Waals surface area contributed by atoms with Crippen molar-refractivity contribution in [3.8, 4) is 0 Å². The zero-order chi connectivity index (χ0) is 14.6. The number of ether oxygens (including phenoxy) is 2. The van der Waals surface area contributed by atoms with Gasteiger partial charge in [0.05, 0.1) is 11.3 Å². The number of hydrogen-bond acceptors (Lipinski definition) is 4. The van der Waals surface area contributed by atoms with E-state index in [0.717, 1.165) is 0 Å². The largest absolute Gasteiger partial charge is 0.426 e. The van der Waals surface area contributed by atoms with Crippen LogP contribution in [0.2, 0.25) is 0 Å². The van der Waals surface area contributed by atoms with Gasteiger partial charge in [-0.25, -0.2) is 0 Å². The van der Waals surface area contributed by atoms with Crippen LogP contribution >= 0.6 is 0 Å². The zero-order valence-electron chi connectivity index (χ0n) is 11.5. The van der Waals surface area contributed by atoms with Crippen LogP contribution in [0.15, 0.2) is 60.1 Å². The maximum absolute atomic E-state index is 12.5. The van der Waals surface area contributed by atoms with E-state index >= 15 is 0 Å². The first-order chi connectivity index (χ1) is 10.2. The minimum atomic E-state index is -0.563. The third-order valence-electron chi connectivity index (χ3n) is 4.64. The van der Waals surface area contributed by atoms with Gasteiger partial charge in [0.1, 0.15) is 0 Å². The molecule has 1 heterocycles. The van der Waals surface area contributed by atoms with E-state index in [2.05, 4.69) is 12.2 Å². The second-order valence-corrected chi connectivity index (χ2v) is 5.69. The summed E-state index contributed by atoms with van der Waals surface area (Å²) in [5, 5.41) is 0. The van der Waals surface area contributed by atoms with E-state index in [1.54, 1.807) is 12.2 Å². The summed E-state index contributed by atoms with van der Waals surface area (Å²) < 4.78 is 10.7. The summed E-state index contributed by atoms with van der Waals surface area (Å²) in [5.41, 5.74) is -0.563. The molecule has 0 aromatic rings. The SMILES string of the molecule is CC(=O)OC1=C2OC(=O)C3([C@H]2C=CC=C1)[C@H]1C=CC=C[C@@H]13. The summed E-state index contributed by atoms with van der Waals surface area (Å²) in [6.07, 6.45) is 15.4. The topological polar surface area (TPSA) is 52.6 Å². The van der Waals surface area contributed by atoms with Crippen LogP contribution in [0.3, 0.4) is 0 Å². The Balaban J connectivity index is 1.81. The van der Waals surface area contributed by atoms with Crippen LogP contribution in [0.1, 0.15) is 6.92 Å². The Kier molecular flexibility index (Phi) is 2.40. The molecule has 106 valence electrons. The molecule has 1 saturated heterocycles. The quantitative estimate of drug-likeness (QED) is 0.693. The predicted octanol–water partition coefficient (Wildman–Crippen LogP) is 2.42. The van der Waals surface area contributed by atoms with E-state index in [1.165, 1.54) is 6.92 Å². The summed E-state index contributed by atoms with van der Waals surface area (Å²) in [7, 11) is 0. The molecule has 0 unspecified atom stereocenters. The van der Waals surface area contributed by atoms with Crippen molar-refractivity contribution in [3.63, 3.8) is 0 Å². The second-order valence-electron chi connectivity index (χ2n) is 5.69. The van der Waals surface area contributed by atoms with Gasteiger partial charge in [0.2, 0.25) is 0 Å². The molecule has 0 aromatic heterocycles. The molecule has 3 atom stereocenters. The number of carbonyl (C=O) groups is 2. The summed E-state index contributed by atoms with van der Waals surface area (Å²) in [6.45, 7) is 1.34. The van der Waals surface area contributed by atoms with E-state index in [4.69, 9.17) is 9.47 Å². The van der Waals surface area contributed by atoms with Crippen molar-refractivity contribution in [1.82, 2.24) is 0 Å². The second kappa shape index (κ2) is 4.07. The van der Waals surface area contributed by atoms with Gasteiger partial charge in [-0.1, -0.05) is 42.5 Å². The average molecular weight is 282 g/mol. The molecule has 1 aliphatic heterocycles. The number of allylic oxidation sites excluding steroid dienone is 8. The highest BCUT2D eigenvalue weighted by atomic mass is 16.6. The Hall–Kier alpha value is -2.36. The predicted molar refractivity (Wildman–Crippen MR) is 74.3 cm³/mol. The summed E-state index contributed by atoms with van der Waals surface area (Å²) in [5.74, 6) is 0.288. The lowest BCUT2D eigenvalue weighted by molar-refractivity contribution is -0.142. The molecule has 0 bridgehead atoms. The van der Waals surface area contributed by atoms with Gasteiger partial charge in [0.25, 0.3) is 0 Å². The normalized spacial score (nSPS) is 38.1. The Labute approximate surface area is 122 Å². The lowest BCUT2D eigenvalue weighted by atomic mass is 9.86. The molecule has 4 nitrogen and oxygen atoms in total. The van der Waals surface area contributed by atoms with E-state index in [-0.39, 0.29) is 23.7 Å². The van der Waals surface area contributed by atoms with Crippen molar-refractivity contribution in [2.24, 2.45) is 23.2 Å². The molecule has 1 spiro atoms. The first kappa shape index (κ1) is 12.4. The third-order valence-corrected chi connectivity index (χ3v) is 4.64. The van der Waals surface area contributed by atoms with Crippen LogP contribution in [-0.4, -0.2) is 11.9 Å².